The molecule has 40 heavy (non-hydrogen) atoms. The zero-order valence-corrected chi connectivity index (χ0v) is 24.5. The number of alkyl carbamates (subject to hydrolysis) is 1. The van der Waals surface area contributed by atoms with Gasteiger partial charge in [-0.25, -0.2) is 4.79 Å². The average Bonchev–Trinajstić information content (AvgIpc) is 2.85. The number of esters is 1. The number of nitrogens with zero attached hydrogens (tertiary/aromatic N) is 1. The molecule has 0 aliphatic heterocycles. The van der Waals surface area contributed by atoms with Crippen LogP contribution in [0.1, 0.15) is 84.4 Å². The van der Waals surface area contributed by atoms with E-state index in [4.69, 9.17) is 15.2 Å². The Morgan fingerprint density at radius 2 is 1.75 bits per heavy atom. The van der Waals surface area contributed by atoms with Gasteiger partial charge in [0.2, 0.25) is 17.7 Å². The van der Waals surface area contributed by atoms with Crippen LogP contribution in [0, 0.1) is 6.92 Å². The first-order valence-corrected chi connectivity index (χ1v) is 13.4. The van der Waals surface area contributed by atoms with Crippen molar-refractivity contribution in [2.24, 2.45) is 5.73 Å². The van der Waals surface area contributed by atoms with Crippen molar-refractivity contribution in [3.05, 3.63) is 29.3 Å². The number of ether oxygens (including phenoxy) is 2. The highest BCUT2D eigenvalue weighted by atomic mass is 16.6. The summed E-state index contributed by atoms with van der Waals surface area (Å²) >= 11 is 0. The summed E-state index contributed by atoms with van der Waals surface area (Å²) in [6.07, 6.45) is -0.914. The fourth-order valence-corrected chi connectivity index (χ4v) is 3.91. The van der Waals surface area contributed by atoms with Crippen LogP contribution in [-0.2, 0) is 28.7 Å². The number of hydrogen-bond donors (Lipinski definition) is 4. The van der Waals surface area contributed by atoms with E-state index in [0.29, 0.717) is 12.0 Å². The number of aryl methyl sites for hydroxylation is 1. The normalized spacial score (nSPS) is 13.4. The van der Waals surface area contributed by atoms with Crippen molar-refractivity contribution in [2.45, 2.75) is 97.9 Å². The topological polar surface area (TPSA) is 177 Å². The molecule has 224 valence electrons. The van der Waals surface area contributed by atoms with Crippen molar-refractivity contribution >= 4 is 29.8 Å². The molecule has 0 aliphatic rings. The number of hydrogen-bond acceptors (Lipinski definition) is 8. The third-order valence-corrected chi connectivity index (χ3v) is 6.01. The Morgan fingerprint density at radius 1 is 1.10 bits per heavy atom. The van der Waals surface area contributed by atoms with E-state index in [9.17, 15) is 29.1 Å². The molecule has 5 N–H and O–H groups in total. The minimum absolute atomic E-state index is 0.0649. The number of amides is 4. The lowest BCUT2D eigenvalue weighted by Gasteiger charge is -2.38. The van der Waals surface area contributed by atoms with Gasteiger partial charge in [0.05, 0.1) is 13.0 Å². The van der Waals surface area contributed by atoms with Crippen LogP contribution in [0.2, 0.25) is 0 Å². The van der Waals surface area contributed by atoms with E-state index in [1.54, 1.807) is 53.7 Å². The minimum atomic E-state index is -1.33. The molecule has 3 unspecified atom stereocenters. The highest BCUT2D eigenvalue weighted by Gasteiger charge is 2.39. The number of phenolic OH excluding ortho intramolecular Hbond substituents is 1. The Labute approximate surface area is 235 Å². The van der Waals surface area contributed by atoms with Gasteiger partial charge >= 0.3 is 12.1 Å². The average molecular weight is 565 g/mol. The molecule has 1 aromatic rings. The summed E-state index contributed by atoms with van der Waals surface area (Å²) < 4.78 is 10.2. The lowest BCUT2D eigenvalue weighted by atomic mass is 9.96. The Balaban J connectivity index is 3.56. The molecule has 3 atom stereocenters. The second-order valence-electron chi connectivity index (χ2n) is 10.5. The SMILES string of the molecule is CCOC(=O)CCNC(=O)C(c1cccc(C)c1O)N(C(=O)C(CCC(N)=O)NC(=O)OC(C)(C)C)C(C)CC. The van der Waals surface area contributed by atoms with Gasteiger partial charge in [0.15, 0.2) is 0 Å². The zero-order chi connectivity index (χ0) is 30.6. The van der Waals surface area contributed by atoms with Crippen molar-refractivity contribution in [1.82, 2.24) is 15.5 Å². The zero-order valence-electron chi connectivity index (χ0n) is 24.5. The molecule has 1 aromatic carbocycles. The van der Waals surface area contributed by atoms with Crippen LogP contribution >= 0.6 is 0 Å². The van der Waals surface area contributed by atoms with Gasteiger partial charge in [0, 0.05) is 24.6 Å². The van der Waals surface area contributed by atoms with Gasteiger partial charge in [0.1, 0.15) is 23.4 Å². The Morgan fingerprint density at radius 3 is 2.30 bits per heavy atom. The van der Waals surface area contributed by atoms with Gasteiger partial charge in [-0.2, -0.15) is 0 Å². The highest BCUT2D eigenvalue weighted by molar-refractivity contribution is 5.93. The number of phenols is 1. The molecule has 0 spiro atoms. The van der Waals surface area contributed by atoms with E-state index in [-0.39, 0.29) is 43.7 Å². The first kappa shape index (κ1) is 34.2. The van der Waals surface area contributed by atoms with Crippen molar-refractivity contribution in [3.63, 3.8) is 0 Å². The molecule has 0 heterocycles. The van der Waals surface area contributed by atoms with Crippen molar-refractivity contribution in [3.8, 4) is 5.75 Å². The lowest BCUT2D eigenvalue weighted by Crippen LogP contribution is -2.55. The third-order valence-electron chi connectivity index (χ3n) is 6.01. The van der Waals surface area contributed by atoms with Crippen LogP contribution < -0.4 is 16.4 Å². The summed E-state index contributed by atoms with van der Waals surface area (Å²) in [5.41, 5.74) is 5.12. The third kappa shape index (κ3) is 10.7. The van der Waals surface area contributed by atoms with Crippen LogP contribution in [0.3, 0.4) is 0 Å². The van der Waals surface area contributed by atoms with Gasteiger partial charge < -0.3 is 35.8 Å². The predicted molar refractivity (Wildman–Crippen MR) is 148 cm³/mol. The van der Waals surface area contributed by atoms with Crippen LogP contribution in [0.15, 0.2) is 18.2 Å². The molecular formula is C28H44N4O8. The number of carbonyl (C=O) groups is 5. The van der Waals surface area contributed by atoms with E-state index in [1.165, 1.54) is 11.0 Å². The Bertz CT molecular complexity index is 1050. The van der Waals surface area contributed by atoms with Crippen molar-refractivity contribution in [2.75, 3.05) is 13.2 Å². The van der Waals surface area contributed by atoms with E-state index < -0.39 is 53.5 Å². The molecule has 1 rings (SSSR count). The van der Waals surface area contributed by atoms with Gasteiger partial charge in [-0.05, 0) is 59.9 Å². The Hall–Kier alpha value is -3.83. The molecule has 0 aliphatic carbocycles. The Kier molecular flexibility index (Phi) is 13.4. The fourth-order valence-electron chi connectivity index (χ4n) is 3.91. The number of para-hydroxylation sites is 1. The standard InChI is InChI=1S/C28H44N4O8/c1-8-18(4)32(26(37)20(13-14-21(29)33)31-27(38)40-28(5,6)7)23(19-12-10-11-17(3)24(19)35)25(36)30-16-15-22(34)39-9-2/h10-12,18,20,23,35H,8-9,13-16H2,1-7H3,(H2,29,33)(H,30,36)(H,31,38). The van der Waals surface area contributed by atoms with E-state index in [1.807, 2.05) is 6.92 Å². The molecule has 12 nitrogen and oxygen atoms in total. The molecule has 0 aromatic heterocycles. The summed E-state index contributed by atoms with van der Waals surface area (Å²) in [6, 6.07) is 1.68. The fraction of sp³-hybridized carbons (Fsp3) is 0.607. The number of carbonyl (C=O) groups excluding carboxylic acids is 5. The maximum Gasteiger partial charge on any atom is 0.408 e. The number of nitrogens with two attached hydrogens (primary N) is 1. The molecule has 12 heteroatoms. The van der Waals surface area contributed by atoms with E-state index >= 15 is 0 Å². The van der Waals surface area contributed by atoms with Gasteiger partial charge in [-0.3, -0.25) is 19.2 Å². The second-order valence-corrected chi connectivity index (χ2v) is 10.5. The van der Waals surface area contributed by atoms with Crippen LogP contribution in [-0.4, -0.2) is 70.6 Å². The molecule has 0 radical (unpaired) electrons. The second kappa shape index (κ2) is 15.7. The summed E-state index contributed by atoms with van der Waals surface area (Å²) in [7, 11) is 0. The van der Waals surface area contributed by atoms with Gasteiger partial charge in [0.25, 0.3) is 0 Å². The summed E-state index contributed by atoms with van der Waals surface area (Å²) in [6.45, 7) is 12.0. The van der Waals surface area contributed by atoms with E-state index in [2.05, 4.69) is 10.6 Å². The maximum absolute atomic E-state index is 14.1. The highest BCUT2D eigenvalue weighted by Crippen LogP contribution is 2.34. The van der Waals surface area contributed by atoms with Gasteiger partial charge in [-0.1, -0.05) is 25.1 Å². The first-order chi connectivity index (χ1) is 18.6. The van der Waals surface area contributed by atoms with Gasteiger partial charge in [-0.15, -0.1) is 0 Å². The number of aromatic hydroxyl groups is 1. The lowest BCUT2D eigenvalue weighted by molar-refractivity contribution is -0.146. The molecule has 0 fully saturated rings. The first-order valence-electron chi connectivity index (χ1n) is 13.4. The summed E-state index contributed by atoms with van der Waals surface area (Å²) in [5, 5.41) is 16.1. The number of benzene rings is 1. The number of nitrogens with one attached hydrogen (secondary N) is 2. The van der Waals surface area contributed by atoms with Crippen LogP contribution in [0.5, 0.6) is 5.75 Å². The minimum Gasteiger partial charge on any atom is -0.507 e. The van der Waals surface area contributed by atoms with Crippen molar-refractivity contribution in [1.29, 1.82) is 0 Å². The van der Waals surface area contributed by atoms with Crippen LogP contribution in [0.4, 0.5) is 4.79 Å². The monoisotopic (exact) mass is 564 g/mol. The summed E-state index contributed by atoms with van der Waals surface area (Å²) in [5.74, 6) is -2.68. The largest absolute Gasteiger partial charge is 0.507 e. The molecular weight excluding hydrogens is 520 g/mol. The molecule has 0 saturated heterocycles. The molecule has 0 saturated carbocycles. The molecule has 4 amide bonds. The smallest absolute Gasteiger partial charge is 0.408 e. The predicted octanol–water partition coefficient (Wildman–Crippen LogP) is 2.60. The van der Waals surface area contributed by atoms with Crippen LogP contribution in [0.25, 0.3) is 0 Å². The van der Waals surface area contributed by atoms with Crippen molar-refractivity contribution < 1.29 is 38.6 Å². The number of rotatable bonds is 14. The number of primary amides is 1. The molecule has 0 bridgehead atoms. The van der Waals surface area contributed by atoms with E-state index in [0.717, 1.165) is 0 Å². The quantitative estimate of drug-likeness (QED) is 0.249. The maximum atomic E-state index is 14.1. The summed E-state index contributed by atoms with van der Waals surface area (Å²) in [4.78, 5) is 65.1.